The summed E-state index contributed by atoms with van der Waals surface area (Å²) < 4.78 is 0. The maximum atomic E-state index is 5.94. The molecule has 19 heavy (non-hydrogen) atoms. The molecule has 0 aromatic carbocycles. The number of hydrogen-bond donors (Lipinski definition) is 1. The van der Waals surface area contributed by atoms with E-state index < -0.39 is 0 Å². The van der Waals surface area contributed by atoms with E-state index in [0.717, 1.165) is 38.0 Å². The molecule has 0 bridgehead atoms. The fourth-order valence-electron chi connectivity index (χ4n) is 3.18. The summed E-state index contributed by atoms with van der Waals surface area (Å²) in [5.74, 6) is 0.783. The van der Waals surface area contributed by atoms with E-state index in [9.17, 15) is 0 Å². The molecule has 6 heteroatoms. The van der Waals surface area contributed by atoms with Gasteiger partial charge in [0, 0.05) is 32.2 Å². The third-order valence-corrected chi connectivity index (χ3v) is 4.40. The Morgan fingerprint density at radius 1 is 1.16 bits per heavy atom. The van der Waals surface area contributed by atoms with Crippen molar-refractivity contribution in [3.63, 3.8) is 0 Å². The van der Waals surface area contributed by atoms with Gasteiger partial charge < -0.3 is 10.6 Å². The monoisotopic (exact) mass is 281 g/mol. The van der Waals surface area contributed by atoms with Crippen molar-refractivity contribution in [1.82, 2.24) is 14.9 Å². The third-order valence-electron chi connectivity index (χ3n) is 4.22. The fraction of sp³-hybridized carbons (Fsp3) is 0.692. The summed E-state index contributed by atoms with van der Waals surface area (Å²) in [4.78, 5) is 13.0. The van der Waals surface area contributed by atoms with Crippen LogP contribution in [0.4, 0.5) is 11.5 Å². The Hall–Kier alpha value is -1.07. The molecule has 2 heterocycles. The van der Waals surface area contributed by atoms with Crippen molar-refractivity contribution in [2.24, 2.45) is 0 Å². The van der Waals surface area contributed by atoms with Crippen molar-refractivity contribution in [3.8, 4) is 0 Å². The molecule has 1 saturated carbocycles. The number of nitrogens with zero attached hydrogens (tertiary/aromatic N) is 4. The zero-order valence-electron chi connectivity index (χ0n) is 11.1. The van der Waals surface area contributed by atoms with E-state index in [1.165, 1.54) is 25.7 Å². The highest BCUT2D eigenvalue weighted by Gasteiger charge is 2.27. The first-order valence-electron chi connectivity index (χ1n) is 7.01. The van der Waals surface area contributed by atoms with Crippen LogP contribution in [-0.2, 0) is 0 Å². The molecule has 0 radical (unpaired) electrons. The molecule has 0 unspecified atom stereocenters. The van der Waals surface area contributed by atoms with Crippen molar-refractivity contribution >= 4 is 23.1 Å². The van der Waals surface area contributed by atoms with E-state index in [1.807, 2.05) is 0 Å². The Bertz CT molecular complexity index is 439. The molecular weight excluding hydrogens is 262 g/mol. The second-order valence-corrected chi connectivity index (χ2v) is 5.72. The first kappa shape index (κ1) is 12.9. The third kappa shape index (κ3) is 2.77. The van der Waals surface area contributed by atoms with Crippen molar-refractivity contribution in [1.29, 1.82) is 0 Å². The molecule has 3 rings (SSSR count). The molecule has 0 spiro atoms. The topological polar surface area (TPSA) is 58.3 Å². The van der Waals surface area contributed by atoms with Crippen molar-refractivity contribution in [3.05, 3.63) is 11.5 Å². The highest BCUT2D eigenvalue weighted by Crippen LogP contribution is 2.27. The van der Waals surface area contributed by atoms with Crippen molar-refractivity contribution in [2.45, 2.75) is 31.7 Å². The van der Waals surface area contributed by atoms with E-state index in [-0.39, 0.29) is 5.28 Å². The van der Waals surface area contributed by atoms with Gasteiger partial charge in [0.15, 0.2) is 5.82 Å². The lowest BCUT2D eigenvalue weighted by Gasteiger charge is -2.38. The van der Waals surface area contributed by atoms with Crippen LogP contribution in [0.25, 0.3) is 0 Å². The summed E-state index contributed by atoms with van der Waals surface area (Å²) in [6.45, 7) is 4.11. The predicted octanol–water partition coefficient (Wildman–Crippen LogP) is 1.78. The summed E-state index contributed by atoms with van der Waals surface area (Å²) in [5, 5.41) is 0.266. The first-order valence-corrected chi connectivity index (χ1v) is 7.39. The molecule has 1 aromatic rings. The standard InChI is InChI=1S/C13H20ClN5/c14-13-16-9-11(15)12(17-13)19-7-5-18(6-8-19)10-3-1-2-4-10/h9-10H,1-8,15H2. The van der Waals surface area contributed by atoms with Gasteiger partial charge in [-0.05, 0) is 24.4 Å². The quantitative estimate of drug-likeness (QED) is 0.838. The summed E-state index contributed by atoms with van der Waals surface area (Å²) in [5.41, 5.74) is 6.55. The van der Waals surface area contributed by atoms with Gasteiger partial charge >= 0.3 is 0 Å². The molecule has 0 amide bonds. The van der Waals surface area contributed by atoms with Crippen LogP contribution in [-0.4, -0.2) is 47.1 Å². The average molecular weight is 282 g/mol. The maximum Gasteiger partial charge on any atom is 0.224 e. The van der Waals surface area contributed by atoms with E-state index in [1.54, 1.807) is 6.20 Å². The van der Waals surface area contributed by atoms with Crippen LogP contribution in [0, 0.1) is 0 Å². The van der Waals surface area contributed by atoms with E-state index in [2.05, 4.69) is 19.8 Å². The highest BCUT2D eigenvalue weighted by atomic mass is 35.5. The predicted molar refractivity (Wildman–Crippen MR) is 77.5 cm³/mol. The van der Waals surface area contributed by atoms with Crippen LogP contribution in [0.1, 0.15) is 25.7 Å². The molecular formula is C13H20ClN5. The summed E-state index contributed by atoms with van der Waals surface area (Å²) >= 11 is 5.85. The van der Waals surface area contributed by atoms with Gasteiger partial charge in [0.2, 0.25) is 5.28 Å². The van der Waals surface area contributed by atoms with E-state index in [4.69, 9.17) is 17.3 Å². The van der Waals surface area contributed by atoms with Gasteiger partial charge in [-0.15, -0.1) is 0 Å². The van der Waals surface area contributed by atoms with Crippen LogP contribution < -0.4 is 10.6 Å². The lowest BCUT2D eigenvalue weighted by Crippen LogP contribution is -2.50. The fourth-order valence-corrected chi connectivity index (χ4v) is 3.31. The number of nitrogen functional groups attached to an aromatic ring is 1. The van der Waals surface area contributed by atoms with Gasteiger partial charge in [-0.25, -0.2) is 4.98 Å². The summed E-state index contributed by atoms with van der Waals surface area (Å²) in [6.07, 6.45) is 7.09. The number of rotatable bonds is 2. The van der Waals surface area contributed by atoms with Gasteiger partial charge in [-0.1, -0.05) is 12.8 Å². The van der Waals surface area contributed by atoms with Crippen molar-refractivity contribution < 1.29 is 0 Å². The Kier molecular flexibility index (Phi) is 3.75. The Morgan fingerprint density at radius 2 is 1.84 bits per heavy atom. The average Bonchev–Trinajstić information content (AvgIpc) is 2.96. The molecule has 2 N–H and O–H groups in total. The molecule has 2 aliphatic rings. The molecule has 1 aliphatic carbocycles. The zero-order chi connectivity index (χ0) is 13.2. The number of aromatic nitrogens is 2. The first-order chi connectivity index (χ1) is 9.24. The lowest BCUT2D eigenvalue weighted by molar-refractivity contribution is 0.187. The number of piperazine rings is 1. The van der Waals surface area contributed by atoms with Gasteiger partial charge in [0.25, 0.3) is 0 Å². The molecule has 5 nitrogen and oxygen atoms in total. The zero-order valence-corrected chi connectivity index (χ0v) is 11.8. The van der Waals surface area contributed by atoms with Crippen LogP contribution in [0.2, 0.25) is 5.28 Å². The maximum absolute atomic E-state index is 5.94. The Labute approximate surface area is 118 Å². The van der Waals surface area contributed by atoms with Gasteiger partial charge in [-0.2, -0.15) is 4.98 Å². The minimum Gasteiger partial charge on any atom is -0.394 e. The highest BCUT2D eigenvalue weighted by molar-refractivity contribution is 6.28. The largest absolute Gasteiger partial charge is 0.394 e. The molecule has 1 aromatic heterocycles. The van der Waals surface area contributed by atoms with Gasteiger partial charge in [-0.3, -0.25) is 4.90 Å². The molecule has 0 atom stereocenters. The Morgan fingerprint density at radius 3 is 2.53 bits per heavy atom. The second-order valence-electron chi connectivity index (χ2n) is 5.38. The van der Waals surface area contributed by atoms with Crippen LogP contribution >= 0.6 is 11.6 Å². The van der Waals surface area contributed by atoms with Crippen LogP contribution in [0.3, 0.4) is 0 Å². The number of hydrogen-bond acceptors (Lipinski definition) is 5. The van der Waals surface area contributed by atoms with Gasteiger partial charge in [0.05, 0.1) is 11.9 Å². The number of nitrogens with two attached hydrogens (primary N) is 1. The minimum absolute atomic E-state index is 0.266. The molecule has 1 aliphatic heterocycles. The van der Waals surface area contributed by atoms with Crippen LogP contribution in [0.5, 0.6) is 0 Å². The lowest BCUT2D eigenvalue weighted by atomic mass is 10.2. The SMILES string of the molecule is Nc1cnc(Cl)nc1N1CCN(C2CCCC2)CC1. The second kappa shape index (κ2) is 5.51. The molecule has 104 valence electrons. The van der Waals surface area contributed by atoms with Gasteiger partial charge in [0.1, 0.15) is 0 Å². The number of halogens is 1. The summed E-state index contributed by atoms with van der Waals surface area (Å²) in [7, 11) is 0. The summed E-state index contributed by atoms with van der Waals surface area (Å²) in [6, 6.07) is 0.800. The minimum atomic E-state index is 0.266. The smallest absolute Gasteiger partial charge is 0.224 e. The Balaban J connectivity index is 1.64. The molecule has 1 saturated heterocycles. The van der Waals surface area contributed by atoms with E-state index in [0.29, 0.717) is 5.69 Å². The van der Waals surface area contributed by atoms with Crippen LogP contribution in [0.15, 0.2) is 6.20 Å². The van der Waals surface area contributed by atoms with E-state index >= 15 is 0 Å². The van der Waals surface area contributed by atoms with Crippen molar-refractivity contribution in [2.75, 3.05) is 36.8 Å². The normalized spacial score (nSPS) is 22.1. The molecule has 2 fully saturated rings. The number of anilines is 2.